The average Bonchev–Trinajstić information content (AvgIpc) is 2.35. The van der Waals surface area contributed by atoms with Gasteiger partial charge in [-0.25, -0.2) is 15.8 Å². The van der Waals surface area contributed by atoms with Crippen molar-refractivity contribution in [1.29, 1.82) is 0 Å². The van der Waals surface area contributed by atoms with Crippen LogP contribution in [0, 0.1) is 0 Å². The fourth-order valence-corrected chi connectivity index (χ4v) is 1.03. The molecule has 7 nitrogen and oxygen atoms in total. The Balaban J connectivity index is 2.52. The van der Waals surface area contributed by atoms with Crippen molar-refractivity contribution in [3.8, 4) is 0 Å². The lowest BCUT2D eigenvalue weighted by atomic mass is 10.3. The van der Waals surface area contributed by atoms with E-state index < -0.39 is 0 Å². The minimum Gasteiger partial charge on any atom is -0.349 e. The molecular formula is C10H18N6O. The van der Waals surface area contributed by atoms with Crippen molar-refractivity contribution in [2.24, 2.45) is 5.84 Å². The minimum atomic E-state index is -0.241. The van der Waals surface area contributed by atoms with Gasteiger partial charge in [0.05, 0.1) is 12.4 Å². The molecule has 0 bridgehead atoms. The van der Waals surface area contributed by atoms with Crippen LogP contribution in [0.1, 0.15) is 17.4 Å². The highest BCUT2D eigenvalue weighted by molar-refractivity contribution is 5.92. The maximum absolute atomic E-state index is 11.7. The number of likely N-dealkylation sites (N-methyl/N-ethyl adjacent to an activating group) is 1. The molecule has 0 aliphatic heterocycles. The standard InChI is InChI=1S/C10H18N6O/c1-7(16(2)3)4-14-10(17)8-5-13-9(15-11)6-12-8/h5-7H,4,11H2,1-3H3,(H,13,15)(H,14,17). The summed E-state index contributed by atoms with van der Waals surface area (Å²) < 4.78 is 0. The molecule has 4 N–H and O–H groups in total. The van der Waals surface area contributed by atoms with Gasteiger partial charge in [0.15, 0.2) is 5.82 Å². The maximum atomic E-state index is 11.7. The van der Waals surface area contributed by atoms with Crippen LogP contribution in [0.5, 0.6) is 0 Å². The Morgan fingerprint density at radius 2 is 2.18 bits per heavy atom. The quantitative estimate of drug-likeness (QED) is 0.470. The Morgan fingerprint density at radius 3 is 2.65 bits per heavy atom. The molecule has 0 aliphatic rings. The maximum Gasteiger partial charge on any atom is 0.271 e. The highest BCUT2D eigenvalue weighted by Crippen LogP contribution is 1.99. The van der Waals surface area contributed by atoms with Crippen molar-refractivity contribution < 1.29 is 4.79 Å². The number of nitrogens with two attached hydrogens (primary N) is 1. The van der Waals surface area contributed by atoms with Gasteiger partial charge < -0.3 is 15.6 Å². The van der Waals surface area contributed by atoms with Gasteiger partial charge in [-0.1, -0.05) is 0 Å². The molecule has 94 valence electrons. The highest BCUT2D eigenvalue weighted by atomic mass is 16.1. The SMILES string of the molecule is CC(CNC(=O)c1cnc(NN)cn1)N(C)C. The van der Waals surface area contributed by atoms with Gasteiger partial charge in [-0.2, -0.15) is 0 Å². The molecule has 17 heavy (non-hydrogen) atoms. The summed E-state index contributed by atoms with van der Waals surface area (Å²) in [5.74, 6) is 5.33. The van der Waals surface area contributed by atoms with Crippen LogP contribution >= 0.6 is 0 Å². The van der Waals surface area contributed by atoms with E-state index in [0.29, 0.717) is 12.4 Å². The summed E-state index contributed by atoms with van der Waals surface area (Å²) in [5, 5.41) is 2.78. The lowest BCUT2D eigenvalue weighted by Crippen LogP contribution is -2.38. The summed E-state index contributed by atoms with van der Waals surface area (Å²) in [6.45, 7) is 2.58. The van der Waals surface area contributed by atoms with Crippen molar-refractivity contribution in [3.05, 3.63) is 18.1 Å². The Labute approximate surface area is 100 Å². The monoisotopic (exact) mass is 238 g/mol. The van der Waals surface area contributed by atoms with Crippen LogP contribution < -0.4 is 16.6 Å². The van der Waals surface area contributed by atoms with Gasteiger partial charge in [-0.15, -0.1) is 0 Å². The largest absolute Gasteiger partial charge is 0.349 e. The number of aromatic nitrogens is 2. The zero-order chi connectivity index (χ0) is 12.8. The number of carbonyl (C=O) groups is 1. The van der Waals surface area contributed by atoms with Crippen LogP contribution in [-0.4, -0.2) is 47.5 Å². The summed E-state index contributed by atoms with van der Waals surface area (Å²) in [6.07, 6.45) is 2.79. The zero-order valence-electron chi connectivity index (χ0n) is 10.3. The van der Waals surface area contributed by atoms with Crippen molar-refractivity contribution in [3.63, 3.8) is 0 Å². The molecule has 0 aliphatic carbocycles. The van der Waals surface area contributed by atoms with Gasteiger partial charge in [-0.3, -0.25) is 4.79 Å². The molecule has 0 aromatic carbocycles. The topological polar surface area (TPSA) is 96.2 Å². The molecule has 1 atom stereocenters. The molecule has 0 radical (unpaired) electrons. The molecule has 1 aromatic heterocycles. The van der Waals surface area contributed by atoms with E-state index in [4.69, 9.17) is 5.84 Å². The lowest BCUT2D eigenvalue weighted by Gasteiger charge is -2.19. The number of anilines is 1. The third-order valence-electron chi connectivity index (χ3n) is 2.47. The zero-order valence-corrected chi connectivity index (χ0v) is 10.3. The van der Waals surface area contributed by atoms with Crippen molar-refractivity contribution >= 4 is 11.7 Å². The average molecular weight is 238 g/mol. The molecule has 1 aromatic rings. The lowest BCUT2D eigenvalue weighted by molar-refractivity contribution is 0.0938. The van der Waals surface area contributed by atoms with Crippen LogP contribution in [0.2, 0.25) is 0 Å². The van der Waals surface area contributed by atoms with E-state index in [1.807, 2.05) is 25.9 Å². The third-order valence-corrected chi connectivity index (χ3v) is 2.47. The molecule has 0 fully saturated rings. The van der Waals surface area contributed by atoms with Gasteiger partial charge in [-0.05, 0) is 21.0 Å². The van der Waals surface area contributed by atoms with Crippen LogP contribution in [-0.2, 0) is 0 Å². The molecule has 0 spiro atoms. The molecule has 0 saturated carbocycles. The van der Waals surface area contributed by atoms with Crippen molar-refractivity contribution in [2.75, 3.05) is 26.1 Å². The normalized spacial score (nSPS) is 12.3. The predicted molar refractivity (Wildman–Crippen MR) is 65.3 cm³/mol. The smallest absolute Gasteiger partial charge is 0.271 e. The predicted octanol–water partition coefficient (Wildman–Crippen LogP) is -0.558. The van der Waals surface area contributed by atoms with Crippen molar-refractivity contribution in [1.82, 2.24) is 20.2 Å². The number of amides is 1. The van der Waals surface area contributed by atoms with Gasteiger partial charge in [0.1, 0.15) is 5.69 Å². The molecule has 1 amide bonds. The Morgan fingerprint density at radius 1 is 1.47 bits per heavy atom. The summed E-state index contributed by atoms with van der Waals surface area (Å²) in [6, 6.07) is 0.261. The molecule has 7 heteroatoms. The van der Waals surface area contributed by atoms with Gasteiger partial charge >= 0.3 is 0 Å². The number of carbonyl (C=O) groups excluding carboxylic acids is 1. The van der Waals surface area contributed by atoms with E-state index in [0.717, 1.165) is 0 Å². The minimum absolute atomic E-state index is 0.241. The van der Waals surface area contributed by atoms with E-state index in [1.165, 1.54) is 12.4 Å². The van der Waals surface area contributed by atoms with E-state index in [9.17, 15) is 4.79 Å². The van der Waals surface area contributed by atoms with E-state index >= 15 is 0 Å². The number of nitrogens with one attached hydrogen (secondary N) is 2. The fraction of sp³-hybridized carbons (Fsp3) is 0.500. The van der Waals surface area contributed by atoms with Crippen LogP contribution in [0.25, 0.3) is 0 Å². The molecule has 1 heterocycles. The highest BCUT2D eigenvalue weighted by Gasteiger charge is 2.10. The Kier molecular flexibility index (Phi) is 4.80. The molecule has 0 saturated heterocycles. The van der Waals surface area contributed by atoms with Gasteiger partial charge in [0, 0.05) is 12.6 Å². The van der Waals surface area contributed by atoms with E-state index in [1.54, 1.807) is 0 Å². The van der Waals surface area contributed by atoms with Gasteiger partial charge in [0.2, 0.25) is 0 Å². The van der Waals surface area contributed by atoms with E-state index in [-0.39, 0.29) is 17.6 Å². The van der Waals surface area contributed by atoms with Crippen molar-refractivity contribution in [2.45, 2.75) is 13.0 Å². The second-order valence-corrected chi connectivity index (χ2v) is 3.95. The Bertz CT molecular complexity index is 364. The number of hydrogen-bond donors (Lipinski definition) is 3. The summed E-state index contributed by atoms with van der Waals surface area (Å²) >= 11 is 0. The Hall–Kier alpha value is -1.73. The number of rotatable bonds is 5. The number of nitrogens with zero attached hydrogens (tertiary/aromatic N) is 3. The second-order valence-electron chi connectivity index (χ2n) is 3.95. The third kappa shape index (κ3) is 3.97. The van der Waals surface area contributed by atoms with Crippen LogP contribution in [0.3, 0.4) is 0 Å². The molecular weight excluding hydrogens is 220 g/mol. The fourth-order valence-electron chi connectivity index (χ4n) is 1.03. The first-order valence-electron chi connectivity index (χ1n) is 5.28. The number of nitrogen functional groups attached to an aromatic ring is 1. The van der Waals surface area contributed by atoms with Gasteiger partial charge in [0.25, 0.3) is 5.91 Å². The number of hydrazine groups is 1. The molecule has 1 unspecified atom stereocenters. The van der Waals surface area contributed by atoms with E-state index in [2.05, 4.69) is 20.7 Å². The first kappa shape index (κ1) is 13.3. The first-order chi connectivity index (χ1) is 8.04. The van der Waals surface area contributed by atoms with Crippen LogP contribution in [0.4, 0.5) is 5.82 Å². The van der Waals surface area contributed by atoms with Crippen LogP contribution in [0.15, 0.2) is 12.4 Å². The summed E-state index contributed by atoms with van der Waals surface area (Å²) in [7, 11) is 3.91. The first-order valence-corrected chi connectivity index (χ1v) is 5.28. The molecule has 1 rings (SSSR count). The summed E-state index contributed by atoms with van der Waals surface area (Å²) in [5.41, 5.74) is 2.62. The second kappa shape index (κ2) is 6.12. The number of hydrogen-bond acceptors (Lipinski definition) is 6. The summed E-state index contributed by atoms with van der Waals surface area (Å²) in [4.78, 5) is 21.6.